The zero-order chi connectivity index (χ0) is 22.2. The second kappa shape index (κ2) is 7.98. The van der Waals surface area contributed by atoms with Crippen molar-refractivity contribution >= 4 is 29.2 Å². The number of rotatable bonds is 2. The third-order valence-corrected chi connectivity index (χ3v) is 4.79. The van der Waals surface area contributed by atoms with E-state index in [1.54, 1.807) is 0 Å². The van der Waals surface area contributed by atoms with E-state index in [-0.39, 0.29) is 31.0 Å². The molecule has 0 unspecified atom stereocenters. The molecule has 6 nitrogen and oxygen atoms in total. The molecule has 1 saturated heterocycles. The molecule has 0 radical (unpaired) electrons. The first kappa shape index (κ1) is 21.6. The Labute approximate surface area is 171 Å². The molecule has 3 rings (SSSR count). The standard InChI is InChI=1S/C18H13ClF5N5O/c19-14-10(2-1-3-11(14)18(22,23)24)17(30)28-4-5-29(13(25)8-28)16(26)15-12(21)6-9(20)7-27-15/h1-3,6-7,25-26H,4-5,8H2. The Morgan fingerprint density at radius 2 is 1.90 bits per heavy atom. The lowest BCUT2D eigenvalue weighted by Crippen LogP contribution is -2.54. The molecule has 1 aliphatic heterocycles. The van der Waals surface area contributed by atoms with Gasteiger partial charge in [-0.25, -0.2) is 13.8 Å². The van der Waals surface area contributed by atoms with Crippen LogP contribution >= 0.6 is 11.6 Å². The first-order valence-electron chi connectivity index (χ1n) is 8.40. The summed E-state index contributed by atoms with van der Waals surface area (Å²) in [5.74, 6) is -3.60. The van der Waals surface area contributed by atoms with Crippen LogP contribution < -0.4 is 0 Å². The third-order valence-electron chi connectivity index (χ3n) is 4.38. The van der Waals surface area contributed by atoms with E-state index in [2.05, 4.69) is 4.98 Å². The van der Waals surface area contributed by atoms with E-state index >= 15 is 0 Å². The smallest absolute Gasteiger partial charge is 0.329 e. The van der Waals surface area contributed by atoms with Gasteiger partial charge >= 0.3 is 6.18 Å². The van der Waals surface area contributed by atoms with E-state index in [1.165, 1.54) is 0 Å². The van der Waals surface area contributed by atoms with Crippen molar-refractivity contribution in [1.29, 1.82) is 10.8 Å². The van der Waals surface area contributed by atoms with Gasteiger partial charge in [0.2, 0.25) is 0 Å². The summed E-state index contributed by atoms with van der Waals surface area (Å²) in [5.41, 5.74) is -1.99. The fourth-order valence-electron chi connectivity index (χ4n) is 2.92. The van der Waals surface area contributed by atoms with Gasteiger partial charge in [-0.2, -0.15) is 13.2 Å². The van der Waals surface area contributed by atoms with E-state index in [0.717, 1.165) is 34.2 Å². The Kier molecular flexibility index (Phi) is 5.75. The topological polar surface area (TPSA) is 84.1 Å². The fourth-order valence-corrected chi connectivity index (χ4v) is 3.24. The molecule has 0 spiro atoms. The molecule has 2 heterocycles. The van der Waals surface area contributed by atoms with Gasteiger partial charge in [-0.15, -0.1) is 0 Å². The van der Waals surface area contributed by atoms with Crippen molar-refractivity contribution in [2.75, 3.05) is 19.6 Å². The molecule has 158 valence electrons. The maximum Gasteiger partial charge on any atom is 0.417 e. The number of hydrogen-bond donors (Lipinski definition) is 2. The monoisotopic (exact) mass is 445 g/mol. The van der Waals surface area contributed by atoms with Gasteiger partial charge in [0.05, 0.1) is 28.9 Å². The summed E-state index contributed by atoms with van der Waals surface area (Å²) >= 11 is 5.79. The highest BCUT2D eigenvalue weighted by Gasteiger charge is 2.36. The first-order valence-corrected chi connectivity index (χ1v) is 8.78. The second-order valence-electron chi connectivity index (χ2n) is 6.32. The highest BCUT2D eigenvalue weighted by molar-refractivity contribution is 6.34. The van der Waals surface area contributed by atoms with Gasteiger partial charge in [0, 0.05) is 19.2 Å². The van der Waals surface area contributed by atoms with E-state index in [4.69, 9.17) is 22.4 Å². The number of piperazine rings is 1. The summed E-state index contributed by atoms with van der Waals surface area (Å²) in [6, 6.07) is 3.51. The number of aromatic nitrogens is 1. The maximum atomic E-state index is 13.9. The number of pyridine rings is 1. The molecule has 12 heteroatoms. The van der Waals surface area contributed by atoms with E-state index in [9.17, 15) is 26.7 Å². The van der Waals surface area contributed by atoms with Crippen LogP contribution in [0.25, 0.3) is 0 Å². The van der Waals surface area contributed by atoms with Crippen molar-refractivity contribution in [2.24, 2.45) is 0 Å². The minimum Gasteiger partial charge on any atom is -0.329 e. The molecule has 1 aliphatic rings. The Morgan fingerprint density at radius 3 is 2.50 bits per heavy atom. The van der Waals surface area contributed by atoms with Crippen LogP contribution in [0.2, 0.25) is 5.02 Å². The van der Waals surface area contributed by atoms with E-state index in [0.29, 0.717) is 6.07 Å². The van der Waals surface area contributed by atoms with Crippen LogP contribution in [0.5, 0.6) is 0 Å². The van der Waals surface area contributed by atoms with Crippen LogP contribution in [-0.4, -0.2) is 52.0 Å². The Hall–Kier alpha value is -3.08. The summed E-state index contributed by atoms with van der Waals surface area (Å²) in [6.07, 6.45) is -4.01. The van der Waals surface area contributed by atoms with Gasteiger partial charge in [0.25, 0.3) is 5.91 Å². The summed E-state index contributed by atoms with van der Waals surface area (Å²) < 4.78 is 66.0. The molecule has 2 N–H and O–H groups in total. The van der Waals surface area contributed by atoms with Crippen LogP contribution in [0.1, 0.15) is 21.6 Å². The highest BCUT2D eigenvalue weighted by Crippen LogP contribution is 2.36. The lowest BCUT2D eigenvalue weighted by molar-refractivity contribution is -0.137. The van der Waals surface area contributed by atoms with Crippen LogP contribution in [0.15, 0.2) is 30.5 Å². The molecular weight excluding hydrogens is 433 g/mol. The van der Waals surface area contributed by atoms with Gasteiger partial charge in [-0.3, -0.25) is 15.6 Å². The second-order valence-corrected chi connectivity index (χ2v) is 6.70. The molecule has 1 fully saturated rings. The molecule has 1 aromatic carbocycles. The summed E-state index contributed by atoms with van der Waals surface area (Å²) in [6.45, 7) is -0.534. The van der Waals surface area contributed by atoms with Crippen molar-refractivity contribution in [1.82, 2.24) is 14.8 Å². The molecule has 0 atom stereocenters. The Morgan fingerprint density at radius 1 is 1.20 bits per heavy atom. The number of amidine groups is 2. The number of carbonyl (C=O) groups is 1. The molecule has 0 bridgehead atoms. The van der Waals surface area contributed by atoms with Crippen molar-refractivity contribution in [3.8, 4) is 0 Å². The van der Waals surface area contributed by atoms with Gasteiger partial charge in [-0.05, 0) is 12.1 Å². The minimum atomic E-state index is -4.74. The van der Waals surface area contributed by atoms with Gasteiger partial charge in [-0.1, -0.05) is 17.7 Å². The van der Waals surface area contributed by atoms with Gasteiger partial charge in [0.15, 0.2) is 11.7 Å². The van der Waals surface area contributed by atoms with Crippen LogP contribution in [0.4, 0.5) is 22.0 Å². The quantitative estimate of drug-likeness (QED) is 0.419. The average molecular weight is 446 g/mol. The SMILES string of the molecule is N=C1CN(C(=O)c2cccc(C(F)(F)F)c2Cl)CCN1C(=N)c1ncc(F)cc1F. The molecular formula is C18H13ClF5N5O. The van der Waals surface area contributed by atoms with Crippen molar-refractivity contribution in [2.45, 2.75) is 6.18 Å². The lowest BCUT2D eigenvalue weighted by Gasteiger charge is -2.36. The first-order chi connectivity index (χ1) is 14.0. The van der Waals surface area contributed by atoms with Crippen LogP contribution in [0, 0.1) is 22.5 Å². The zero-order valence-electron chi connectivity index (χ0n) is 15.0. The number of nitrogens with one attached hydrogen (secondary N) is 2. The van der Waals surface area contributed by atoms with Crippen molar-refractivity contribution < 1.29 is 26.7 Å². The predicted octanol–water partition coefficient (Wildman–Crippen LogP) is 3.79. The molecule has 0 aliphatic carbocycles. The molecule has 1 aromatic heterocycles. The van der Waals surface area contributed by atoms with Crippen LogP contribution in [0.3, 0.4) is 0 Å². The third kappa shape index (κ3) is 4.11. The van der Waals surface area contributed by atoms with Crippen molar-refractivity contribution in [3.63, 3.8) is 0 Å². The molecule has 0 saturated carbocycles. The number of benzene rings is 1. The summed E-state index contributed by atoms with van der Waals surface area (Å²) in [7, 11) is 0. The highest BCUT2D eigenvalue weighted by atomic mass is 35.5. The zero-order valence-corrected chi connectivity index (χ0v) is 15.8. The number of hydrogen-bond acceptors (Lipinski definition) is 4. The molecule has 2 aromatic rings. The minimum absolute atomic E-state index is 0.0705. The number of carbonyl (C=O) groups excluding carboxylic acids is 1. The maximum absolute atomic E-state index is 13.9. The average Bonchev–Trinajstić information content (AvgIpc) is 2.66. The molecule has 30 heavy (non-hydrogen) atoms. The number of alkyl halides is 3. The van der Waals surface area contributed by atoms with E-state index < -0.39 is 45.8 Å². The Balaban J connectivity index is 1.78. The van der Waals surface area contributed by atoms with Gasteiger partial charge in [0.1, 0.15) is 17.3 Å². The van der Waals surface area contributed by atoms with Crippen molar-refractivity contribution in [3.05, 3.63) is 63.9 Å². The fraction of sp³-hybridized carbons (Fsp3) is 0.222. The largest absolute Gasteiger partial charge is 0.417 e. The number of amides is 1. The number of halogens is 6. The summed E-state index contributed by atoms with van der Waals surface area (Å²) in [5, 5.41) is 15.4. The normalized spacial score (nSPS) is 14.8. The lowest BCUT2D eigenvalue weighted by atomic mass is 10.1. The molecule has 1 amide bonds. The van der Waals surface area contributed by atoms with Gasteiger partial charge < -0.3 is 9.80 Å². The predicted molar refractivity (Wildman–Crippen MR) is 97.8 cm³/mol. The number of nitrogens with zero attached hydrogens (tertiary/aromatic N) is 3. The Bertz CT molecular complexity index is 1040. The summed E-state index contributed by atoms with van der Waals surface area (Å²) in [4.78, 5) is 18.4. The van der Waals surface area contributed by atoms with E-state index in [1.807, 2.05) is 0 Å². The van der Waals surface area contributed by atoms with Crippen LogP contribution in [-0.2, 0) is 6.18 Å².